The molecule has 0 saturated heterocycles. The van der Waals surface area contributed by atoms with Gasteiger partial charge in [-0.3, -0.25) is 4.79 Å². The Balaban J connectivity index is 4.72. The lowest BCUT2D eigenvalue weighted by Crippen LogP contribution is -2.43. The first-order valence-electron chi connectivity index (χ1n) is 6.61. The third kappa shape index (κ3) is 5.53. The molecule has 102 valence electrons. The molecule has 0 aromatic rings. The van der Waals surface area contributed by atoms with Gasteiger partial charge in [0.15, 0.2) is 0 Å². The molecule has 2 atom stereocenters. The predicted octanol–water partition coefficient (Wildman–Crippen LogP) is 3.01. The van der Waals surface area contributed by atoms with Crippen LogP contribution in [-0.2, 0) is 9.53 Å². The third-order valence-corrected chi connectivity index (χ3v) is 3.11. The molecular weight excluding hydrogens is 216 g/mol. The van der Waals surface area contributed by atoms with Crippen molar-refractivity contribution in [2.45, 2.75) is 60.0 Å². The molecule has 17 heavy (non-hydrogen) atoms. The maximum Gasteiger partial charge on any atom is 0.312 e. The molecule has 3 heteroatoms. The highest BCUT2D eigenvalue weighted by atomic mass is 16.5. The normalized spacial score (nSPS) is 17.0. The molecule has 0 aliphatic carbocycles. The van der Waals surface area contributed by atoms with Gasteiger partial charge in [-0.15, -0.1) is 0 Å². The second-order valence-corrected chi connectivity index (χ2v) is 5.76. The minimum absolute atomic E-state index is 0.0798. The van der Waals surface area contributed by atoms with Crippen LogP contribution in [0.2, 0.25) is 0 Å². The Morgan fingerprint density at radius 1 is 1.29 bits per heavy atom. The number of aliphatic hydroxyl groups is 1. The Morgan fingerprint density at radius 2 is 1.82 bits per heavy atom. The highest BCUT2D eigenvalue weighted by molar-refractivity contribution is 5.74. The first-order valence-corrected chi connectivity index (χ1v) is 6.61. The summed E-state index contributed by atoms with van der Waals surface area (Å²) in [5, 5.41) is 10.5. The van der Waals surface area contributed by atoms with E-state index in [0.29, 0.717) is 18.9 Å². The fraction of sp³-hybridized carbons (Fsp3) is 0.929. The lowest BCUT2D eigenvalue weighted by atomic mass is 9.77. The van der Waals surface area contributed by atoms with Crippen molar-refractivity contribution in [3.05, 3.63) is 0 Å². The van der Waals surface area contributed by atoms with Crippen molar-refractivity contribution in [1.29, 1.82) is 0 Å². The van der Waals surface area contributed by atoms with E-state index in [9.17, 15) is 9.90 Å². The molecule has 0 spiro atoms. The molecule has 0 aliphatic rings. The van der Waals surface area contributed by atoms with Gasteiger partial charge in [-0.05, 0) is 38.5 Å². The summed E-state index contributed by atoms with van der Waals surface area (Å²) in [4.78, 5) is 11.9. The molecule has 1 N–H and O–H groups in total. The minimum Gasteiger partial charge on any atom is -0.466 e. The molecular formula is C14H28O3. The van der Waals surface area contributed by atoms with E-state index in [1.54, 1.807) is 13.8 Å². The van der Waals surface area contributed by atoms with E-state index < -0.39 is 11.5 Å². The third-order valence-electron chi connectivity index (χ3n) is 3.11. The smallest absolute Gasteiger partial charge is 0.312 e. The van der Waals surface area contributed by atoms with Crippen LogP contribution in [0.1, 0.15) is 54.4 Å². The van der Waals surface area contributed by atoms with Crippen LogP contribution in [0.4, 0.5) is 0 Å². The summed E-state index contributed by atoms with van der Waals surface area (Å²) in [7, 11) is 0. The molecule has 0 saturated carbocycles. The number of carbonyl (C=O) groups is 1. The zero-order valence-electron chi connectivity index (χ0n) is 12.1. The summed E-state index contributed by atoms with van der Waals surface area (Å²) in [5.74, 6) is -0.120. The quantitative estimate of drug-likeness (QED) is 0.700. The van der Waals surface area contributed by atoms with Gasteiger partial charge >= 0.3 is 5.97 Å². The molecule has 0 bridgehead atoms. The summed E-state index contributed by atoms with van der Waals surface area (Å²) in [6.45, 7) is 12.0. The average Bonchev–Trinajstić information content (AvgIpc) is 2.14. The van der Waals surface area contributed by atoms with Crippen molar-refractivity contribution in [2.24, 2.45) is 17.8 Å². The molecule has 2 unspecified atom stereocenters. The predicted molar refractivity (Wildman–Crippen MR) is 69.7 cm³/mol. The van der Waals surface area contributed by atoms with Crippen molar-refractivity contribution >= 4 is 5.97 Å². The minimum atomic E-state index is -0.981. The average molecular weight is 244 g/mol. The zero-order valence-corrected chi connectivity index (χ0v) is 12.1. The van der Waals surface area contributed by atoms with E-state index in [1.165, 1.54) is 0 Å². The Morgan fingerprint density at radius 3 is 2.18 bits per heavy atom. The molecule has 0 aromatic heterocycles. The van der Waals surface area contributed by atoms with E-state index in [-0.39, 0.29) is 11.9 Å². The number of carbonyl (C=O) groups excluding carboxylic acids is 1. The molecule has 0 aromatic carbocycles. The van der Waals surface area contributed by atoms with Gasteiger partial charge in [-0.25, -0.2) is 0 Å². The van der Waals surface area contributed by atoms with Crippen LogP contribution in [0.5, 0.6) is 0 Å². The first-order chi connectivity index (χ1) is 7.72. The molecule has 0 amide bonds. The summed E-state index contributed by atoms with van der Waals surface area (Å²) < 4.78 is 5.06. The maximum atomic E-state index is 11.9. The largest absolute Gasteiger partial charge is 0.466 e. The molecule has 0 heterocycles. The number of ether oxygens (including phenoxy) is 1. The summed E-state index contributed by atoms with van der Waals surface area (Å²) in [6.07, 6.45) is 1.54. The van der Waals surface area contributed by atoms with Gasteiger partial charge in [0.1, 0.15) is 0 Å². The molecule has 0 fully saturated rings. The van der Waals surface area contributed by atoms with Gasteiger partial charge in [-0.1, -0.05) is 27.7 Å². The van der Waals surface area contributed by atoms with Crippen LogP contribution >= 0.6 is 0 Å². The Hall–Kier alpha value is -0.570. The van der Waals surface area contributed by atoms with Gasteiger partial charge in [0.25, 0.3) is 0 Å². The van der Waals surface area contributed by atoms with Crippen LogP contribution in [-0.4, -0.2) is 23.3 Å². The number of hydrogen-bond donors (Lipinski definition) is 1. The van der Waals surface area contributed by atoms with Crippen LogP contribution in [0.15, 0.2) is 0 Å². The molecule has 0 aliphatic heterocycles. The van der Waals surface area contributed by atoms with Crippen molar-refractivity contribution in [3.63, 3.8) is 0 Å². The summed E-state index contributed by atoms with van der Waals surface area (Å²) in [5.41, 5.74) is -0.981. The number of hydrogen-bond acceptors (Lipinski definition) is 3. The number of esters is 1. The van der Waals surface area contributed by atoms with Crippen LogP contribution in [0.3, 0.4) is 0 Å². The fourth-order valence-corrected chi connectivity index (χ4v) is 2.21. The van der Waals surface area contributed by atoms with E-state index in [2.05, 4.69) is 13.8 Å². The Labute approximate surface area is 106 Å². The van der Waals surface area contributed by atoms with E-state index >= 15 is 0 Å². The Bertz CT molecular complexity index is 232. The van der Waals surface area contributed by atoms with Crippen molar-refractivity contribution < 1.29 is 14.6 Å². The van der Waals surface area contributed by atoms with Crippen molar-refractivity contribution in [1.82, 2.24) is 0 Å². The van der Waals surface area contributed by atoms with Crippen LogP contribution in [0.25, 0.3) is 0 Å². The highest BCUT2D eigenvalue weighted by Gasteiger charge is 2.40. The van der Waals surface area contributed by atoms with Crippen LogP contribution in [0, 0.1) is 17.8 Å². The lowest BCUT2D eigenvalue weighted by molar-refractivity contribution is -0.161. The molecule has 0 radical (unpaired) electrons. The second kappa shape index (κ2) is 7.00. The van der Waals surface area contributed by atoms with E-state index in [1.807, 2.05) is 13.8 Å². The molecule has 0 rings (SSSR count). The van der Waals surface area contributed by atoms with E-state index in [0.717, 1.165) is 6.42 Å². The maximum absolute atomic E-state index is 11.9. The Kier molecular flexibility index (Phi) is 6.76. The lowest BCUT2D eigenvalue weighted by Gasteiger charge is -2.34. The monoisotopic (exact) mass is 244 g/mol. The fourth-order valence-electron chi connectivity index (χ4n) is 2.21. The van der Waals surface area contributed by atoms with Crippen molar-refractivity contribution in [2.75, 3.05) is 6.61 Å². The highest BCUT2D eigenvalue weighted by Crippen LogP contribution is 2.31. The van der Waals surface area contributed by atoms with E-state index in [4.69, 9.17) is 4.74 Å². The number of rotatable bonds is 7. The van der Waals surface area contributed by atoms with Crippen molar-refractivity contribution in [3.8, 4) is 0 Å². The van der Waals surface area contributed by atoms with Gasteiger partial charge in [-0.2, -0.15) is 0 Å². The van der Waals surface area contributed by atoms with Gasteiger partial charge in [0.2, 0.25) is 0 Å². The van der Waals surface area contributed by atoms with Gasteiger partial charge in [0, 0.05) is 0 Å². The summed E-state index contributed by atoms with van der Waals surface area (Å²) in [6, 6.07) is 0. The van der Waals surface area contributed by atoms with Gasteiger partial charge < -0.3 is 9.84 Å². The van der Waals surface area contributed by atoms with Crippen LogP contribution < -0.4 is 0 Å². The standard InChI is InChI=1S/C14H28O3/c1-7-17-13(15)12(11(4)5)14(6,16)9-8-10(2)3/h10-12,16H,7-9H2,1-6H3. The topological polar surface area (TPSA) is 46.5 Å². The molecule has 3 nitrogen and oxygen atoms in total. The second-order valence-electron chi connectivity index (χ2n) is 5.76. The first kappa shape index (κ1) is 16.4. The van der Waals surface area contributed by atoms with Gasteiger partial charge in [0.05, 0.1) is 18.1 Å². The SMILES string of the molecule is CCOC(=O)C(C(C)C)C(C)(O)CCC(C)C. The summed E-state index contributed by atoms with van der Waals surface area (Å²) >= 11 is 0. The zero-order chi connectivity index (χ0) is 13.6.